The number of rotatable bonds is 6. The van der Waals surface area contributed by atoms with Crippen LogP contribution < -0.4 is 10.6 Å². The van der Waals surface area contributed by atoms with E-state index in [1.165, 1.54) is 0 Å². The lowest BCUT2D eigenvalue weighted by Gasteiger charge is -2.04. The number of aliphatic hydroxyl groups excluding tert-OH is 1. The Hall–Kier alpha value is -1.10. The Morgan fingerprint density at radius 3 is 2.14 bits per heavy atom. The zero-order chi connectivity index (χ0) is 10.8. The smallest absolute Gasteiger partial charge is 0.309 e. The van der Waals surface area contributed by atoms with Crippen LogP contribution in [0.25, 0.3) is 0 Å². The van der Waals surface area contributed by atoms with Gasteiger partial charge in [0.25, 0.3) is 0 Å². The van der Waals surface area contributed by atoms with Crippen molar-refractivity contribution in [2.75, 3.05) is 19.7 Å². The molecule has 0 radical (unpaired) electrons. The van der Waals surface area contributed by atoms with E-state index in [2.05, 4.69) is 17.6 Å². The molecule has 0 saturated heterocycles. The van der Waals surface area contributed by atoms with E-state index >= 15 is 0 Å². The first-order valence-electron chi connectivity index (χ1n) is 4.89. The first kappa shape index (κ1) is 12.9. The van der Waals surface area contributed by atoms with Gasteiger partial charge in [0.2, 0.25) is 0 Å². The van der Waals surface area contributed by atoms with Gasteiger partial charge in [-0.25, -0.2) is 0 Å². The Labute approximate surface area is 83.9 Å². The number of nitrogens with one attached hydrogen (secondary N) is 2. The molecule has 0 bridgehead atoms. The predicted octanol–water partition coefficient (Wildman–Crippen LogP) is -0.599. The van der Waals surface area contributed by atoms with E-state index in [0.717, 1.165) is 19.3 Å². The molecule has 0 atom stereocenters. The van der Waals surface area contributed by atoms with Crippen LogP contribution in [0.1, 0.15) is 26.2 Å². The van der Waals surface area contributed by atoms with Crippen molar-refractivity contribution in [3.8, 4) is 0 Å². The van der Waals surface area contributed by atoms with Crippen LogP contribution in [-0.4, -0.2) is 36.6 Å². The predicted molar refractivity (Wildman–Crippen MR) is 52.6 cm³/mol. The fraction of sp³-hybridized carbons (Fsp3) is 0.778. The molecule has 3 N–H and O–H groups in total. The van der Waals surface area contributed by atoms with Crippen LogP contribution in [0.3, 0.4) is 0 Å². The lowest BCUT2D eigenvalue weighted by atomic mass is 10.2. The largest absolute Gasteiger partial charge is 0.395 e. The molecule has 0 spiro atoms. The maximum absolute atomic E-state index is 11.0. The molecule has 0 saturated carbocycles. The summed E-state index contributed by atoms with van der Waals surface area (Å²) in [6, 6.07) is 0. The second-order valence-corrected chi connectivity index (χ2v) is 2.94. The van der Waals surface area contributed by atoms with Crippen LogP contribution in [0.2, 0.25) is 0 Å². The Balaban J connectivity index is 3.47. The molecule has 0 fully saturated rings. The van der Waals surface area contributed by atoms with Gasteiger partial charge >= 0.3 is 11.8 Å². The van der Waals surface area contributed by atoms with E-state index in [4.69, 9.17) is 5.11 Å². The Kier molecular flexibility index (Phi) is 7.83. The molecule has 0 rings (SSSR count). The molecule has 0 heterocycles. The number of aliphatic hydroxyl groups is 1. The van der Waals surface area contributed by atoms with Gasteiger partial charge < -0.3 is 15.7 Å². The molecule has 2 amide bonds. The molecule has 82 valence electrons. The van der Waals surface area contributed by atoms with E-state index < -0.39 is 11.8 Å². The fourth-order valence-corrected chi connectivity index (χ4v) is 0.907. The van der Waals surface area contributed by atoms with Gasteiger partial charge in [-0.15, -0.1) is 0 Å². The van der Waals surface area contributed by atoms with Crippen molar-refractivity contribution >= 4 is 11.8 Å². The maximum atomic E-state index is 11.0. The van der Waals surface area contributed by atoms with E-state index in [1.54, 1.807) is 0 Å². The number of unbranched alkanes of at least 4 members (excludes halogenated alkanes) is 2. The van der Waals surface area contributed by atoms with Crippen molar-refractivity contribution in [1.82, 2.24) is 10.6 Å². The minimum Gasteiger partial charge on any atom is -0.395 e. The van der Waals surface area contributed by atoms with Gasteiger partial charge in [0, 0.05) is 13.1 Å². The summed E-state index contributed by atoms with van der Waals surface area (Å²) >= 11 is 0. The number of carbonyl (C=O) groups is 2. The first-order valence-corrected chi connectivity index (χ1v) is 4.89. The summed E-state index contributed by atoms with van der Waals surface area (Å²) in [6.07, 6.45) is 3.00. The highest BCUT2D eigenvalue weighted by Crippen LogP contribution is 1.90. The van der Waals surface area contributed by atoms with Gasteiger partial charge in [-0.2, -0.15) is 0 Å². The summed E-state index contributed by atoms with van der Waals surface area (Å²) in [7, 11) is 0. The molecule has 0 aromatic heterocycles. The van der Waals surface area contributed by atoms with Gasteiger partial charge in [-0.1, -0.05) is 19.8 Å². The molecule has 5 nitrogen and oxygen atoms in total. The Morgan fingerprint density at radius 1 is 1.07 bits per heavy atom. The van der Waals surface area contributed by atoms with Gasteiger partial charge in [-0.05, 0) is 6.42 Å². The highest BCUT2D eigenvalue weighted by atomic mass is 16.3. The van der Waals surface area contributed by atoms with E-state index in [1.807, 2.05) is 0 Å². The van der Waals surface area contributed by atoms with Gasteiger partial charge in [0.1, 0.15) is 0 Å². The number of carbonyl (C=O) groups excluding carboxylic acids is 2. The van der Waals surface area contributed by atoms with Crippen LogP contribution in [0.5, 0.6) is 0 Å². The van der Waals surface area contributed by atoms with Crippen LogP contribution in [0.4, 0.5) is 0 Å². The lowest BCUT2D eigenvalue weighted by molar-refractivity contribution is -0.139. The third-order valence-corrected chi connectivity index (χ3v) is 1.67. The third-order valence-electron chi connectivity index (χ3n) is 1.67. The van der Waals surface area contributed by atoms with Crippen molar-refractivity contribution < 1.29 is 14.7 Å². The summed E-state index contributed by atoms with van der Waals surface area (Å²) in [5, 5.41) is 13.2. The number of hydrogen-bond acceptors (Lipinski definition) is 3. The summed E-state index contributed by atoms with van der Waals surface area (Å²) in [5.41, 5.74) is 0. The molecule has 0 aromatic carbocycles. The topological polar surface area (TPSA) is 78.4 Å². The normalized spacial score (nSPS) is 9.57. The average molecular weight is 202 g/mol. The zero-order valence-electron chi connectivity index (χ0n) is 8.51. The fourth-order valence-electron chi connectivity index (χ4n) is 0.907. The van der Waals surface area contributed by atoms with Crippen LogP contribution >= 0.6 is 0 Å². The molecule has 0 aliphatic rings. The second-order valence-electron chi connectivity index (χ2n) is 2.94. The molecule has 5 heteroatoms. The molecular formula is C9H18N2O3. The van der Waals surface area contributed by atoms with Crippen molar-refractivity contribution in [3.05, 3.63) is 0 Å². The van der Waals surface area contributed by atoms with Crippen molar-refractivity contribution in [3.63, 3.8) is 0 Å². The monoisotopic (exact) mass is 202 g/mol. The molecule has 0 aliphatic carbocycles. The highest BCUT2D eigenvalue weighted by molar-refractivity contribution is 6.35. The van der Waals surface area contributed by atoms with Crippen molar-refractivity contribution in [1.29, 1.82) is 0 Å². The van der Waals surface area contributed by atoms with Gasteiger partial charge in [0.05, 0.1) is 6.61 Å². The van der Waals surface area contributed by atoms with E-state index in [-0.39, 0.29) is 13.2 Å². The average Bonchev–Trinajstić information content (AvgIpc) is 2.20. The molecule has 0 aromatic rings. The molecule has 14 heavy (non-hydrogen) atoms. The Bertz CT molecular complexity index is 183. The molecule has 0 aliphatic heterocycles. The van der Waals surface area contributed by atoms with Gasteiger partial charge in [-0.3, -0.25) is 9.59 Å². The number of amides is 2. The molecular weight excluding hydrogens is 184 g/mol. The minimum absolute atomic E-state index is 0.112. The molecule has 0 unspecified atom stereocenters. The SMILES string of the molecule is CCCCCNC(=O)C(=O)NCCO. The standard InChI is InChI=1S/C9H18N2O3/c1-2-3-4-5-10-8(13)9(14)11-6-7-12/h12H,2-7H2,1H3,(H,10,13)(H,11,14). The zero-order valence-corrected chi connectivity index (χ0v) is 8.51. The van der Waals surface area contributed by atoms with Crippen molar-refractivity contribution in [2.24, 2.45) is 0 Å². The van der Waals surface area contributed by atoms with Gasteiger partial charge in [0.15, 0.2) is 0 Å². The summed E-state index contributed by atoms with van der Waals surface area (Å²) in [5.74, 6) is -1.31. The minimum atomic E-state index is -0.685. The summed E-state index contributed by atoms with van der Waals surface area (Å²) < 4.78 is 0. The maximum Gasteiger partial charge on any atom is 0.309 e. The van der Waals surface area contributed by atoms with Crippen LogP contribution in [0, 0.1) is 0 Å². The van der Waals surface area contributed by atoms with E-state index in [9.17, 15) is 9.59 Å². The first-order chi connectivity index (χ1) is 6.72. The second kappa shape index (κ2) is 8.50. The summed E-state index contributed by atoms with van der Waals surface area (Å²) in [4.78, 5) is 21.9. The van der Waals surface area contributed by atoms with E-state index in [0.29, 0.717) is 6.54 Å². The number of hydrogen-bond donors (Lipinski definition) is 3. The van der Waals surface area contributed by atoms with Crippen LogP contribution in [0.15, 0.2) is 0 Å². The highest BCUT2D eigenvalue weighted by Gasteiger charge is 2.10. The summed E-state index contributed by atoms with van der Waals surface area (Å²) in [6.45, 7) is 2.55. The third kappa shape index (κ3) is 6.42. The quantitative estimate of drug-likeness (QED) is 0.397. The lowest BCUT2D eigenvalue weighted by Crippen LogP contribution is -2.41. The van der Waals surface area contributed by atoms with Crippen LogP contribution in [-0.2, 0) is 9.59 Å². The van der Waals surface area contributed by atoms with Crippen molar-refractivity contribution in [2.45, 2.75) is 26.2 Å². The Morgan fingerprint density at radius 2 is 1.64 bits per heavy atom.